The summed E-state index contributed by atoms with van der Waals surface area (Å²) in [6, 6.07) is 28.6. The molecule has 4 heteroatoms. The third kappa shape index (κ3) is 3.36. The molecule has 138 valence electrons. The van der Waals surface area contributed by atoms with Gasteiger partial charge in [0.1, 0.15) is 5.82 Å². The molecule has 3 aromatic carbocycles. The zero-order chi connectivity index (χ0) is 19.6. The monoisotopic (exact) mass is 374 g/mol. The van der Waals surface area contributed by atoms with Crippen molar-refractivity contribution in [3.63, 3.8) is 0 Å². The quantitative estimate of drug-likeness (QED) is 0.405. The minimum Gasteiger partial charge on any atom is -0.256 e. The number of fused-ring (bicyclic) bond motifs is 1. The molecule has 0 unspecified atom stereocenters. The summed E-state index contributed by atoms with van der Waals surface area (Å²) in [5, 5.41) is 1.13. The lowest BCUT2D eigenvalue weighted by molar-refractivity contribution is 0.992. The van der Waals surface area contributed by atoms with E-state index in [0.717, 1.165) is 33.2 Å². The van der Waals surface area contributed by atoms with Crippen molar-refractivity contribution in [1.29, 1.82) is 0 Å². The Morgan fingerprint density at radius 3 is 1.97 bits per heavy atom. The highest BCUT2D eigenvalue weighted by Crippen LogP contribution is 2.29. The van der Waals surface area contributed by atoms with Crippen molar-refractivity contribution in [3.05, 3.63) is 97.0 Å². The molecule has 0 aliphatic rings. The highest BCUT2D eigenvalue weighted by molar-refractivity contribution is 5.93. The van der Waals surface area contributed by atoms with Crippen LogP contribution in [-0.4, -0.2) is 19.9 Å². The Hall–Kier alpha value is -3.92. The van der Waals surface area contributed by atoms with Crippen molar-refractivity contribution in [2.45, 2.75) is 6.92 Å². The van der Waals surface area contributed by atoms with Gasteiger partial charge in [0, 0.05) is 28.3 Å². The van der Waals surface area contributed by atoms with E-state index in [1.807, 2.05) is 49.5 Å². The van der Waals surface area contributed by atoms with Crippen LogP contribution in [0.5, 0.6) is 0 Å². The SMILES string of the molecule is Cc1nc(-c2ccccc2)nc(-c2ccc(-c3cccc4cccnc34)cc2)n1. The molecule has 5 aromatic rings. The van der Waals surface area contributed by atoms with Gasteiger partial charge in [-0.25, -0.2) is 15.0 Å². The third-order valence-corrected chi connectivity index (χ3v) is 4.87. The van der Waals surface area contributed by atoms with Gasteiger partial charge in [-0.15, -0.1) is 0 Å². The number of aryl methyl sites for hydroxylation is 1. The van der Waals surface area contributed by atoms with E-state index in [9.17, 15) is 0 Å². The molecule has 0 aliphatic carbocycles. The first kappa shape index (κ1) is 17.2. The van der Waals surface area contributed by atoms with Crippen molar-refractivity contribution >= 4 is 10.9 Å². The number of rotatable bonds is 3. The van der Waals surface area contributed by atoms with E-state index in [1.165, 1.54) is 0 Å². The topological polar surface area (TPSA) is 51.6 Å². The second-order valence-corrected chi connectivity index (χ2v) is 6.85. The van der Waals surface area contributed by atoms with Crippen LogP contribution in [0.1, 0.15) is 5.82 Å². The Morgan fingerprint density at radius 2 is 1.21 bits per heavy atom. The summed E-state index contributed by atoms with van der Waals surface area (Å²) in [6.45, 7) is 1.90. The predicted molar refractivity (Wildman–Crippen MR) is 116 cm³/mol. The summed E-state index contributed by atoms with van der Waals surface area (Å²) in [4.78, 5) is 18.3. The predicted octanol–water partition coefficient (Wildman–Crippen LogP) is 5.73. The summed E-state index contributed by atoms with van der Waals surface area (Å²) in [5.74, 6) is 2.07. The van der Waals surface area contributed by atoms with Crippen LogP contribution in [0.3, 0.4) is 0 Å². The molecule has 4 nitrogen and oxygen atoms in total. The standard InChI is InChI=1S/C25H18N4/c1-17-27-24(20-7-3-2-4-8-20)29-25(28-17)21-14-12-18(13-15-21)22-11-5-9-19-10-6-16-26-23(19)22/h2-16H,1H3. The molecule has 0 saturated carbocycles. The van der Waals surface area contributed by atoms with Gasteiger partial charge in [0.15, 0.2) is 11.6 Å². The Balaban J connectivity index is 1.55. The van der Waals surface area contributed by atoms with E-state index in [2.05, 4.69) is 63.5 Å². The molecule has 0 N–H and O–H groups in total. The van der Waals surface area contributed by atoms with Gasteiger partial charge in [-0.1, -0.05) is 78.9 Å². The lowest BCUT2D eigenvalue weighted by atomic mass is 10.0. The van der Waals surface area contributed by atoms with Crippen molar-refractivity contribution in [3.8, 4) is 33.9 Å². The first-order valence-corrected chi connectivity index (χ1v) is 9.50. The maximum absolute atomic E-state index is 4.69. The molecule has 0 atom stereocenters. The van der Waals surface area contributed by atoms with Gasteiger partial charge in [0.25, 0.3) is 0 Å². The molecule has 0 bridgehead atoms. The zero-order valence-corrected chi connectivity index (χ0v) is 15.9. The van der Waals surface area contributed by atoms with E-state index >= 15 is 0 Å². The Morgan fingerprint density at radius 1 is 0.552 bits per heavy atom. The molecule has 2 heterocycles. The van der Waals surface area contributed by atoms with Crippen LogP contribution in [0.25, 0.3) is 44.8 Å². The minimum atomic E-state index is 0.680. The van der Waals surface area contributed by atoms with Crippen molar-refractivity contribution in [1.82, 2.24) is 19.9 Å². The van der Waals surface area contributed by atoms with E-state index in [-0.39, 0.29) is 0 Å². The summed E-state index contributed by atoms with van der Waals surface area (Å²) in [6.07, 6.45) is 1.83. The van der Waals surface area contributed by atoms with E-state index in [0.29, 0.717) is 17.5 Å². The molecule has 5 rings (SSSR count). The highest BCUT2D eigenvalue weighted by atomic mass is 15.0. The average molecular weight is 374 g/mol. The first-order chi connectivity index (χ1) is 14.3. The lowest BCUT2D eigenvalue weighted by Gasteiger charge is -2.08. The molecule has 2 aromatic heterocycles. The summed E-state index contributed by atoms with van der Waals surface area (Å²) < 4.78 is 0. The average Bonchev–Trinajstić information content (AvgIpc) is 2.79. The second kappa shape index (κ2) is 7.24. The highest BCUT2D eigenvalue weighted by Gasteiger charge is 2.10. The van der Waals surface area contributed by atoms with Gasteiger partial charge >= 0.3 is 0 Å². The van der Waals surface area contributed by atoms with E-state index < -0.39 is 0 Å². The van der Waals surface area contributed by atoms with Gasteiger partial charge in [-0.2, -0.15) is 0 Å². The fraction of sp³-hybridized carbons (Fsp3) is 0.0400. The molecule has 0 fully saturated rings. The maximum Gasteiger partial charge on any atom is 0.163 e. The zero-order valence-electron chi connectivity index (χ0n) is 15.9. The molecule has 0 aliphatic heterocycles. The van der Waals surface area contributed by atoms with Crippen LogP contribution < -0.4 is 0 Å². The van der Waals surface area contributed by atoms with Gasteiger partial charge in [0.2, 0.25) is 0 Å². The van der Waals surface area contributed by atoms with Gasteiger partial charge in [-0.05, 0) is 18.6 Å². The fourth-order valence-electron chi connectivity index (χ4n) is 3.46. The Bertz CT molecular complexity index is 1290. The molecule has 0 spiro atoms. The van der Waals surface area contributed by atoms with Crippen LogP contribution in [0.4, 0.5) is 0 Å². The number of hydrogen-bond donors (Lipinski definition) is 0. The second-order valence-electron chi connectivity index (χ2n) is 6.85. The lowest BCUT2D eigenvalue weighted by Crippen LogP contribution is -1.99. The van der Waals surface area contributed by atoms with Crippen LogP contribution in [0.2, 0.25) is 0 Å². The van der Waals surface area contributed by atoms with Gasteiger partial charge < -0.3 is 0 Å². The summed E-state index contributed by atoms with van der Waals surface area (Å²) >= 11 is 0. The Kier molecular flexibility index (Phi) is 4.30. The number of para-hydroxylation sites is 1. The van der Waals surface area contributed by atoms with Crippen LogP contribution in [0.15, 0.2) is 91.1 Å². The van der Waals surface area contributed by atoms with Gasteiger partial charge in [-0.3, -0.25) is 4.98 Å². The normalized spacial score (nSPS) is 10.9. The number of nitrogens with zero attached hydrogens (tertiary/aromatic N) is 4. The minimum absolute atomic E-state index is 0.680. The van der Waals surface area contributed by atoms with Crippen LogP contribution in [-0.2, 0) is 0 Å². The van der Waals surface area contributed by atoms with Crippen molar-refractivity contribution in [2.24, 2.45) is 0 Å². The third-order valence-electron chi connectivity index (χ3n) is 4.87. The fourth-order valence-corrected chi connectivity index (χ4v) is 3.46. The number of hydrogen-bond acceptors (Lipinski definition) is 4. The molecular formula is C25H18N4. The number of aromatic nitrogens is 4. The number of benzene rings is 3. The largest absolute Gasteiger partial charge is 0.256 e. The smallest absolute Gasteiger partial charge is 0.163 e. The summed E-state index contributed by atoms with van der Waals surface area (Å²) in [7, 11) is 0. The van der Waals surface area contributed by atoms with E-state index in [1.54, 1.807) is 0 Å². The van der Waals surface area contributed by atoms with Crippen molar-refractivity contribution in [2.75, 3.05) is 0 Å². The molecule has 0 radical (unpaired) electrons. The van der Waals surface area contributed by atoms with Crippen molar-refractivity contribution < 1.29 is 0 Å². The Labute approximate surface area is 169 Å². The van der Waals surface area contributed by atoms with Crippen LogP contribution in [0, 0.1) is 6.92 Å². The maximum atomic E-state index is 4.69. The first-order valence-electron chi connectivity index (χ1n) is 9.50. The molecule has 0 amide bonds. The van der Waals surface area contributed by atoms with Crippen LogP contribution >= 0.6 is 0 Å². The van der Waals surface area contributed by atoms with E-state index in [4.69, 9.17) is 4.98 Å². The number of pyridine rings is 1. The molecule has 29 heavy (non-hydrogen) atoms. The van der Waals surface area contributed by atoms with Gasteiger partial charge in [0.05, 0.1) is 5.52 Å². The molecule has 0 saturated heterocycles. The molecular weight excluding hydrogens is 356 g/mol. The summed E-state index contributed by atoms with van der Waals surface area (Å²) in [5.41, 5.74) is 5.19.